The van der Waals surface area contributed by atoms with Gasteiger partial charge in [-0.3, -0.25) is 0 Å². The summed E-state index contributed by atoms with van der Waals surface area (Å²) in [5.41, 5.74) is 15.6. The van der Waals surface area contributed by atoms with Gasteiger partial charge in [-0.05, 0) is 113 Å². The van der Waals surface area contributed by atoms with Crippen molar-refractivity contribution >= 4 is 49.2 Å². The standard InChI is InChI=1S/C45H34N2/c1-45(2)39-19-11-9-17-33(39)35-27-38-37-26-30(22-24-43(37)47(44(38)28-40(35)45)32-15-7-4-8-16-32)29-21-23-42-36(25-29)34-18-10-12-20-41(34)46(42)31-13-5-3-6-14-31/h3-8,10,12-28H,9,11H2,1-2H3. The van der Waals surface area contributed by atoms with E-state index in [9.17, 15) is 0 Å². The highest BCUT2D eigenvalue weighted by atomic mass is 15.0. The molecule has 0 saturated heterocycles. The van der Waals surface area contributed by atoms with E-state index in [1.165, 1.54) is 88.4 Å². The Balaban J connectivity index is 1.23. The van der Waals surface area contributed by atoms with Crippen molar-refractivity contribution in [1.29, 1.82) is 0 Å². The fraction of sp³-hybridized carbons (Fsp3) is 0.111. The van der Waals surface area contributed by atoms with Crippen LogP contribution in [0, 0.1) is 0 Å². The predicted molar refractivity (Wildman–Crippen MR) is 199 cm³/mol. The SMILES string of the molecule is CC1(C)C2=CCCC=C2c2cc3c4cc(-c5ccc6c(c5)c5ccccc5n6-c5ccccc5)ccc4n(-c4ccccc4)c3cc21. The monoisotopic (exact) mass is 602 g/mol. The van der Waals surface area contributed by atoms with Crippen molar-refractivity contribution in [2.24, 2.45) is 0 Å². The lowest BCUT2D eigenvalue weighted by Gasteiger charge is -2.23. The Hall–Kier alpha value is -5.60. The van der Waals surface area contributed by atoms with Gasteiger partial charge in [0.1, 0.15) is 0 Å². The fourth-order valence-electron chi connectivity index (χ4n) is 8.52. The summed E-state index contributed by atoms with van der Waals surface area (Å²) in [4.78, 5) is 0. The molecule has 6 aromatic carbocycles. The van der Waals surface area contributed by atoms with Crippen LogP contribution in [0.1, 0.15) is 37.8 Å². The van der Waals surface area contributed by atoms with E-state index in [0.717, 1.165) is 12.8 Å². The first-order chi connectivity index (χ1) is 23.1. The Morgan fingerprint density at radius 1 is 0.468 bits per heavy atom. The molecular formula is C45H34N2. The van der Waals surface area contributed by atoms with Crippen LogP contribution in [-0.4, -0.2) is 9.13 Å². The van der Waals surface area contributed by atoms with Crippen LogP contribution in [0.5, 0.6) is 0 Å². The highest BCUT2D eigenvalue weighted by Gasteiger charge is 2.39. The summed E-state index contributed by atoms with van der Waals surface area (Å²) in [7, 11) is 0. The second kappa shape index (κ2) is 9.70. The Kier molecular flexibility index (Phi) is 5.49. The molecule has 0 N–H and O–H groups in total. The maximum absolute atomic E-state index is 2.49. The summed E-state index contributed by atoms with van der Waals surface area (Å²) in [5.74, 6) is 0. The molecule has 0 fully saturated rings. The molecule has 0 unspecified atom stereocenters. The average molecular weight is 603 g/mol. The molecule has 2 aliphatic carbocycles. The van der Waals surface area contributed by atoms with Gasteiger partial charge in [0.25, 0.3) is 0 Å². The van der Waals surface area contributed by atoms with Gasteiger partial charge < -0.3 is 9.13 Å². The molecular weight excluding hydrogens is 569 g/mol. The molecule has 2 aromatic heterocycles. The zero-order valence-electron chi connectivity index (χ0n) is 26.7. The molecule has 2 heteroatoms. The van der Waals surface area contributed by atoms with Gasteiger partial charge in [0, 0.05) is 38.3 Å². The zero-order valence-corrected chi connectivity index (χ0v) is 26.7. The van der Waals surface area contributed by atoms with Crippen molar-refractivity contribution in [3.63, 3.8) is 0 Å². The van der Waals surface area contributed by atoms with Crippen molar-refractivity contribution < 1.29 is 0 Å². The molecule has 2 aliphatic rings. The molecule has 0 aliphatic heterocycles. The van der Waals surface area contributed by atoms with Gasteiger partial charge in [0.05, 0.1) is 22.1 Å². The second-order valence-electron chi connectivity index (χ2n) is 13.7. The molecule has 47 heavy (non-hydrogen) atoms. The van der Waals surface area contributed by atoms with Crippen molar-refractivity contribution in [2.45, 2.75) is 32.1 Å². The maximum atomic E-state index is 2.49. The van der Waals surface area contributed by atoms with Crippen LogP contribution >= 0.6 is 0 Å². The van der Waals surface area contributed by atoms with Crippen LogP contribution in [0.4, 0.5) is 0 Å². The molecule has 224 valence electrons. The topological polar surface area (TPSA) is 9.86 Å². The number of nitrogens with zero attached hydrogens (tertiary/aromatic N) is 2. The van der Waals surface area contributed by atoms with Crippen LogP contribution in [0.3, 0.4) is 0 Å². The van der Waals surface area contributed by atoms with Crippen molar-refractivity contribution in [3.05, 3.63) is 162 Å². The van der Waals surface area contributed by atoms with Crippen molar-refractivity contribution in [2.75, 3.05) is 0 Å². The Morgan fingerprint density at radius 3 is 1.68 bits per heavy atom. The van der Waals surface area contributed by atoms with Crippen LogP contribution in [0.15, 0.2) is 151 Å². The summed E-state index contributed by atoms with van der Waals surface area (Å²) in [6, 6.07) is 49.3. The molecule has 8 aromatic rings. The number of para-hydroxylation sites is 3. The third-order valence-electron chi connectivity index (χ3n) is 10.7. The van der Waals surface area contributed by atoms with Crippen LogP contribution in [-0.2, 0) is 5.41 Å². The number of fused-ring (bicyclic) bond motifs is 9. The van der Waals surface area contributed by atoms with E-state index < -0.39 is 0 Å². The van der Waals surface area contributed by atoms with Gasteiger partial charge in [-0.25, -0.2) is 0 Å². The third kappa shape index (κ3) is 3.73. The van der Waals surface area contributed by atoms with Crippen molar-refractivity contribution in [1.82, 2.24) is 9.13 Å². The lowest BCUT2D eigenvalue weighted by Crippen LogP contribution is -2.15. The molecule has 0 radical (unpaired) electrons. The predicted octanol–water partition coefficient (Wildman–Crippen LogP) is 11.9. The number of hydrogen-bond acceptors (Lipinski definition) is 0. The minimum Gasteiger partial charge on any atom is -0.309 e. The molecule has 0 amide bonds. The van der Waals surface area contributed by atoms with Crippen molar-refractivity contribution in [3.8, 4) is 22.5 Å². The first kappa shape index (κ1) is 26.6. The highest BCUT2D eigenvalue weighted by Crippen LogP contribution is 2.53. The van der Waals surface area contributed by atoms with E-state index in [0.29, 0.717) is 0 Å². The smallest absolute Gasteiger partial charge is 0.0544 e. The summed E-state index contributed by atoms with van der Waals surface area (Å²) in [5, 5.41) is 5.16. The lowest BCUT2D eigenvalue weighted by molar-refractivity contribution is 0.655. The number of hydrogen-bond donors (Lipinski definition) is 0. The molecule has 2 heterocycles. The van der Waals surface area contributed by atoms with Gasteiger partial charge in [-0.1, -0.05) is 92.7 Å². The number of aromatic nitrogens is 2. The highest BCUT2D eigenvalue weighted by molar-refractivity contribution is 6.14. The first-order valence-corrected chi connectivity index (χ1v) is 16.8. The van der Waals surface area contributed by atoms with Gasteiger partial charge in [-0.15, -0.1) is 0 Å². The van der Waals surface area contributed by atoms with Gasteiger partial charge in [-0.2, -0.15) is 0 Å². The minimum absolute atomic E-state index is 0.00670. The largest absolute Gasteiger partial charge is 0.309 e. The Labute approximate surface area is 274 Å². The minimum atomic E-state index is -0.00670. The maximum Gasteiger partial charge on any atom is 0.0544 e. The molecule has 0 atom stereocenters. The second-order valence-corrected chi connectivity index (χ2v) is 13.7. The van der Waals surface area contributed by atoms with E-state index in [2.05, 4.69) is 169 Å². The fourth-order valence-corrected chi connectivity index (χ4v) is 8.52. The summed E-state index contributed by atoms with van der Waals surface area (Å²) in [6.45, 7) is 4.79. The molecule has 0 bridgehead atoms. The summed E-state index contributed by atoms with van der Waals surface area (Å²) >= 11 is 0. The van der Waals surface area contributed by atoms with Crippen LogP contribution in [0.25, 0.3) is 71.7 Å². The summed E-state index contributed by atoms with van der Waals surface area (Å²) < 4.78 is 4.85. The molecule has 2 nitrogen and oxygen atoms in total. The molecule has 0 saturated carbocycles. The lowest BCUT2D eigenvalue weighted by atomic mass is 9.80. The number of allylic oxidation sites excluding steroid dienone is 4. The normalized spacial score (nSPS) is 15.3. The third-order valence-corrected chi connectivity index (χ3v) is 10.7. The van der Waals surface area contributed by atoms with E-state index in [1.807, 2.05) is 0 Å². The van der Waals surface area contributed by atoms with Crippen LogP contribution < -0.4 is 0 Å². The molecule has 0 spiro atoms. The van der Waals surface area contributed by atoms with Gasteiger partial charge in [0.15, 0.2) is 0 Å². The van der Waals surface area contributed by atoms with Crippen LogP contribution in [0.2, 0.25) is 0 Å². The Bertz CT molecular complexity index is 2620. The van der Waals surface area contributed by atoms with E-state index in [1.54, 1.807) is 0 Å². The Morgan fingerprint density at radius 2 is 1.00 bits per heavy atom. The first-order valence-electron chi connectivity index (χ1n) is 16.8. The van der Waals surface area contributed by atoms with Gasteiger partial charge >= 0.3 is 0 Å². The quantitative estimate of drug-likeness (QED) is 0.190. The zero-order chi connectivity index (χ0) is 31.3. The van der Waals surface area contributed by atoms with E-state index in [4.69, 9.17) is 0 Å². The molecule has 10 rings (SSSR count). The average Bonchev–Trinajstić information content (AvgIpc) is 3.71. The summed E-state index contributed by atoms with van der Waals surface area (Å²) in [6.07, 6.45) is 7.20. The van der Waals surface area contributed by atoms with E-state index >= 15 is 0 Å². The van der Waals surface area contributed by atoms with Gasteiger partial charge in [0.2, 0.25) is 0 Å². The number of benzene rings is 6. The van der Waals surface area contributed by atoms with E-state index in [-0.39, 0.29) is 5.41 Å². The number of rotatable bonds is 3.